The molecule has 5 heteroatoms. The van der Waals surface area contributed by atoms with E-state index in [2.05, 4.69) is 10.1 Å². The average Bonchev–Trinajstić information content (AvgIpc) is 3.02. The van der Waals surface area contributed by atoms with E-state index in [4.69, 9.17) is 4.52 Å². The second kappa shape index (κ2) is 6.66. The number of nitrogens with zero attached hydrogens (tertiary/aromatic N) is 3. The smallest absolute Gasteiger partial charge is 0.254 e. The number of hydrogen-bond donors (Lipinski definition) is 0. The van der Waals surface area contributed by atoms with Crippen LogP contribution in [0.1, 0.15) is 27.4 Å². The predicted octanol–water partition coefficient (Wildman–Crippen LogP) is 3.63. The minimum atomic E-state index is -0.0683. The maximum Gasteiger partial charge on any atom is 0.254 e. The maximum atomic E-state index is 12.6. The van der Waals surface area contributed by atoms with Crippen molar-refractivity contribution < 1.29 is 9.32 Å². The third kappa shape index (κ3) is 3.51. The molecule has 0 bridgehead atoms. The summed E-state index contributed by atoms with van der Waals surface area (Å²) in [4.78, 5) is 18.5. The lowest BCUT2D eigenvalue weighted by Crippen LogP contribution is -2.26. The summed E-state index contributed by atoms with van der Waals surface area (Å²) in [7, 11) is 1.73. The molecule has 5 nitrogen and oxygen atoms in total. The molecular weight excluding hydrogens is 302 g/mol. The van der Waals surface area contributed by atoms with Gasteiger partial charge in [0.25, 0.3) is 5.91 Å². The van der Waals surface area contributed by atoms with E-state index < -0.39 is 0 Å². The number of hydrogen-bond acceptors (Lipinski definition) is 4. The van der Waals surface area contributed by atoms with Crippen LogP contribution in [0.25, 0.3) is 11.4 Å². The molecule has 0 radical (unpaired) electrons. The normalized spacial score (nSPS) is 10.6. The molecular formula is C19H19N3O2. The van der Waals surface area contributed by atoms with Gasteiger partial charge in [-0.1, -0.05) is 52.7 Å². The van der Waals surface area contributed by atoms with Gasteiger partial charge in [0.05, 0.1) is 6.54 Å². The van der Waals surface area contributed by atoms with Gasteiger partial charge in [-0.2, -0.15) is 4.98 Å². The van der Waals surface area contributed by atoms with Crippen LogP contribution < -0.4 is 0 Å². The van der Waals surface area contributed by atoms with Crippen LogP contribution in [0.4, 0.5) is 0 Å². The molecule has 122 valence electrons. The van der Waals surface area contributed by atoms with Gasteiger partial charge in [0.15, 0.2) is 0 Å². The van der Waals surface area contributed by atoms with Gasteiger partial charge in [-0.15, -0.1) is 0 Å². The van der Waals surface area contributed by atoms with Crippen molar-refractivity contribution in [3.63, 3.8) is 0 Å². The first-order valence-electron chi connectivity index (χ1n) is 7.74. The van der Waals surface area contributed by atoms with Crippen molar-refractivity contribution in [1.29, 1.82) is 0 Å². The Morgan fingerprint density at radius 3 is 2.42 bits per heavy atom. The summed E-state index contributed by atoms with van der Waals surface area (Å²) in [6, 6.07) is 15.4. The molecule has 0 saturated carbocycles. The van der Waals surface area contributed by atoms with E-state index in [9.17, 15) is 4.79 Å². The highest BCUT2D eigenvalue weighted by atomic mass is 16.5. The second-order valence-electron chi connectivity index (χ2n) is 5.92. The van der Waals surface area contributed by atoms with Crippen molar-refractivity contribution in [2.24, 2.45) is 0 Å². The van der Waals surface area contributed by atoms with E-state index in [-0.39, 0.29) is 12.5 Å². The van der Waals surface area contributed by atoms with Crippen molar-refractivity contribution >= 4 is 5.91 Å². The van der Waals surface area contributed by atoms with Crippen LogP contribution in [0, 0.1) is 13.8 Å². The fourth-order valence-electron chi connectivity index (χ4n) is 2.62. The lowest BCUT2D eigenvalue weighted by atomic mass is 10.1. The van der Waals surface area contributed by atoms with Crippen LogP contribution in [-0.4, -0.2) is 28.0 Å². The third-order valence-corrected chi connectivity index (χ3v) is 3.69. The summed E-state index contributed by atoms with van der Waals surface area (Å²) in [6.45, 7) is 4.23. The molecule has 2 aromatic carbocycles. The standard InChI is InChI=1S/C19H19N3O2/c1-13-9-14(2)11-16(10-13)19(23)22(3)12-17-20-18(21-24-17)15-7-5-4-6-8-15/h4-11H,12H2,1-3H3. The molecule has 3 aromatic rings. The number of aromatic nitrogens is 2. The van der Waals surface area contributed by atoms with Crippen LogP contribution in [-0.2, 0) is 6.54 Å². The Kier molecular flexibility index (Phi) is 4.42. The first kappa shape index (κ1) is 15.9. The first-order chi connectivity index (χ1) is 11.5. The Balaban J connectivity index is 1.74. The molecule has 0 aliphatic heterocycles. The molecule has 24 heavy (non-hydrogen) atoms. The minimum Gasteiger partial charge on any atom is -0.337 e. The topological polar surface area (TPSA) is 59.2 Å². The molecule has 3 rings (SSSR count). The van der Waals surface area contributed by atoms with Gasteiger partial charge in [0.2, 0.25) is 11.7 Å². The molecule has 0 saturated heterocycles. The van der Waals surface area contributed by atoms with Gasteiger partial charge in [0, 0.05) is 18.2 Å². The van der Waals surface area contributed by atoms with Crippen LogP contribution in [0.3, 0.4) is 0 Å². The van der Waals surface area contributed by atoms with E-state index in [1.54, 1.807) is 11.9 Å². The van der Waals surface area contributed by atoms with Crippen molar-refractivity contribution in [3.05, 3.63) is 71.1 Å². The quantitative estimate of drug-likeness (QED) is 0.736. The summed E-state index contributed by atoms with van der Waals surface area (Å²) >= 11 is 0. The summed E-state index contributed by atoms with van der Waals surface area (Å²) in [5, 5.41) is 3.98. The fourth-order valence-corrected chi connectivity index (χ4v) is 2.62. The monoisotopic (exact) mass is 321 g/mol. The second-order valence-corrected chi connectivity index (χ2v) is 5.92. The number of rotatable bonds is 4. The highest BCUT2D eigenvalue weighted by Gasteiger charge is 2.16. The molecule has 0 spiro atoms. The van der Waals surface area contributed by atoms with Crippen molar-refractivity contribution in [3.8, 4) is 11.4 Å². The van der Waals surface area contributed by atoms with E-state index in [0.29, 0.717) is 17.3 Å². The van der Waals surface area contributed by atoms with Crippen molar-refractivity contribution in [2.45, 2.75) is 20.4 Å². The summed E-state index contributed by atoms with van der Waals surface area (Å²) < 4.78 is 5.27. The van der Waals surface area contributed by atoms with Gasteiger partial charge in [0.1, 0.15) is 0 Å². The average molecular weight is 321 g/mol. The van der Waals surface area contributed by atoms with Gasteiger partial charge in [-0.05, 0) is 26.0 Å². The van der Waals surface area contributed by atoms with Gasteiger partial charge < -0.3 is 9.42 Å². The van der Waals surface area contributed by atoms with E-state index >= 15 is 0 Å². The molecule has 0 aliphatic rings. The van der Waals surface area contributed by atoms with Gasteiger partial charge >= 0.3 is 0 Å². The molecule has 0 unspecified atom stereocenters. The van der Waals surface area contributed by atoms with Crippen LogP contribution >= 0.6 is 0 Å². The molecule has 1 amide bonds. The number of aryl methyl sites for hydroxylation is 2. The zero-order valence-electron chi connectivity index (χ0n) is 14.0. The van der Waals surface area contributed by atoms with E-state index in [1.807, 2.05) is 62.4 Å². The van der Waals surface area contributed by atoms with Gasteiger partial charge in [-0.3, -0.25) is 4.79 Å². The number of carbonyl (C=O) groups is 1. The molecule has 0 atom stereocenters. The lowest BCUT2D eigenvalue weighted by Gasteiger charge is -2.15. The van der Waals surface area contributed by atoms with Crippen LogP contribution in [0.5, 0.6) is 0 Å². The van der Waals surface area contributed by atoms with Crippen molar-refractivity contribution in [2.75, 3.05) is 7.05 Å². The molecule has 0 aliphatic carbocycles. The minimum absolute atomic E-state index is 0.0683. The summed E-state index contributed by atoms with van der Waals surface area (Å²) in [5.74, 6) is 0.869. The number of benzene rings is 2. The SMILES string of the molecule is Cc1cc(C)cc(C(=O)N(C)Cc2nc(-c3ccccc3)no2)c1. The third-order valence-electron chi connectivity index (χ3n) is 3.69. The van der Waals surface area contributed by atoms with E-state index in [1.165, 1.54) is 0 Å². The fraction of sp³-hybridized carbons (Fsp3) is 0.211. The lowest BCUT2D eigenvalue weighted by molar-refractivity contribution is 0.0769. The van der Waals surface area contributed by atoms with E-state index in [0.717, 1.165) is 16.7 Å². The highest BCUT2D eigenvalue weighted by Crippen LogP contribution is 2.16. The number of amides is 1. The van der Waals surface area contributed by atoms with Crippen molar-refractivity contribution in [1.82, 2.24) is 15.0 Å². The Morgan fingerprint density at radius 1 is 1.08 bits per heavy atom. The molecule has 0 fully saturated rings. The van der Waals surface area contributed by atoms with Crippen LogP contribution in [0.15, 0.2) is 53.1 Å². The van der Waals surface area contributed by atoms with Crippen LogP contribution in [0.2, 0.25) is 0 Å². The zero-order chi connectivity index (χ0) is 17.1. The maximum absolute atomic E-state index is 12.6. The number of carbonyl (C=O) groups excluding carboxylic acids is 1. The molecule has 1 heterocycles. The molecule has 0 N–H and O–H groups in total. The Morgan fingerprint density at radius 2 is 1.75 bits per heavy atom. The Hall–Kier alpha value is -2.95. The Bertz CT molecular complexity index is 836. The summed E-state index contributed by atoms with van der Waals surface area (Å²) in [5.41, 5.74) is 3.68. The molecule has 1 aromatic heterocycles. The summed E-state index contributed by atoms with van der Waals surface area (Å²) in [6.07, 6.45) is 0. The largest absolute Gasteiger partial charge is 0.337 e. The Labute approximate surface area is 140 Å². The highest BCUT2D eigenvalue weighted by molar-refractivity contribution is 5.94. The zero-order valence-corrected chi connectivity index (χ0v) is 14.0. The first-order valence-corrected chi connectivity index (χ1v) is 7.74. The predicted molar refractivity (Wildman–Crippen MR) is 91.4 cm³/mol. The van der Waals surface area contributed by atoms with Gasteiger partial charge in [-0.25, -0.2) is 0 Å².